The van der Waals surface area contributed by atoms with Gasteiger partial charge in [0.25, 0.3) is 0 Å². The van der Waals surface area contributed by atoms with Gasteiger partial charge in [-0.2, -0.15) is 0 Å². The normalized spacial score (nSPS) is 12.8. The van der Waals surface area contributed by atoms with Crippen LogP contribution in [0.5, 0.6) is 0 Å². The summed E-state index contributed by atoms with van der Waals surface area (Å²) in [4.78, 5) is 11.8. The van der Waals surface area contributed by atoms with Gasteiger partial charge in [0.05, 0.1) is 6.10 Å². The number of hydrogen-bond acceptors (Lipinski definition) is 3. The predicted octanol–water partition coefficient (Wildman–Crippen LogP) is 4.82. The van der Waals surface area contributed by atoms with Crippen molar-refractivity contribution >= 4 is 26.9 Å². The van der Waals surface area contributed by atoms with Gasteiger partial charge < -0.3 is 9.15 Å². The van der Waals surface area contributed by atoms with E-state index < -0.39 is 0 Å². The van der Waals surface area contributed by atoms with Crippen LogP contribution in [0, 0.1) is 0 Å². The van der Waals surface area contributed by atoms with Gasteiger partial charge in [0.2, 0.25) is 0 Å². The van der Waals surface area contributed by atoms with Gasteiger partial charge in [-0.3, -0.25) is 0 Å². The topological polar surface area (TPSA) is 39.4 Å². The number of unbranched alkanes of at least 4 members (excludes halogenated alkanes) is 1. The Morgan fingerprint density at radius 1 is 1.30 bits per heavy atom. The first-order valence-electron chi connectivity index (χ1n) is 7.00. The summed E-state index contributed by atoms with van der Waals surface area (Å²) in [5, 5.41) is 0.947. The molecule has 0 spiro atoms. The molecule has 1 aromatic heterocycles. The number of benzene rings is 1. The zero-order valence-corrected chi connectivity index (χ0v) is 13.4. The summed E-state index contributed by atoms with van der Waals surface area (Å²) in [6, 6.07) is 7.31. The molecule has 1 unspecified atom stereocenters. The average Bonchev–Trinajstić information content (AvgIpc) is 2.42. The van der Waals surface area contributed by atoms with E-state index in [1.807, 2.05) is 25.1 Å². The maximum atomic E-state index is 11.8. The van der Waals surface area contributed by atoms with Gasteiger partial charge >= 0.3 is 5.63 Å². The summed E-state index contributed by atoms with van der Waals surface area (Å²) in [6.07, 6.45) is 3.05. The van der Waals surface area contributed by atoms with E-state index in [0.29, 0.717) is 12.2 Å². The van der Waals surface area contributed by atoms with Gasteiger partial charge in [-0.15, -0.1) is 0 Å². The molecule has 0 fully saturated rings. The van der Waals surface area contributed by atoms with E-state index in [9.17, 15) is 4.79 Å². The van der Waals surface area contributed by atoms with Crippen LogP contribution in [0.3, 0.4) is 0 Å². The molecular weight excluding hydrogens is 320 g/mol. The molecule has 4 heteroatoms. The Hall–Kier alpha value is -1.13. The molecule has 0 aliphatic heterocycles. The molecule has 1 heterocycles. The van der Waals surface area contributed by atoms with Crippen molar-refractivity contribution in [2.75, 3.05) is 6.61 Å². The van der Waals surface area contributed by atoms with E-state index in [1.165, 1.54) is 0 Å². The second-order valence-electron chi connectivity index (χ2n) is 4.75. The molecule has 3 nitrogen and oxygen atoms in total. The van der Waals surface area contributed by atoms with E-state index in [2.05, 4.69) is 22.9 Å². The van der Waals surface area contributed by atoms with E-state index >= 15 is 0 Å². The number of hydrogen-bond donors (Lipinski definition) is 0. The maximum absolute atomic E-state index is 11.8. The summed E-state index contributed by atoms with van der Waals surface area (Å²) in [5.74, 6) is 0. The largest absolute Gasteiger partial charge is 0.423 e. The highest BCUT2D eigenvalue weighted by molar-refractivity contribution is 9.10. The minimum Gasteiger partial charge on any atom is -0.423 e. The third-order valence-corrected chi connectivity index (χ3v) is 3.77. The Bertz CT molecular complexity index is 633. The molecule has 2 rings (SSSR count). The van der Waals surface area contributed by atoms with E-state index in [1.54, 1.807) is 6.07 Å². The fourth-order valence-electron chi connectivity index (χ4n) is 2.35. The molecule has 1 atom stereocenters. The number of rotatable bonds is 6. The zero-order chi connectivity index (χ0) is 14.5. The van der Waals surface area contributed by atoms with Crippen molar-refractivity contribution in [2.45, 2.75) is 39.2 Å². The molecule has 0 amide bonds. The molecule has 0 radical (unpaired) electrons. The maximum Gasteiger partial charge on any atom is 0.336 e. The fraction of sp³-hybridized carbons (Fsp3) is 0.438. The molecule has 1 aromatic carbocycles. The van der Waals surface area contributed by atoms with Crippen LogP contribution in [0.4, 0.5) is 0 Å². The summed E-state index contributed by atoms with van der Waals surface area (Å²) in [5.41, 5.74) is 1.20. The van der Waals surface area contributed by atoms with Crippen LogP contribution in [0.2, 0.25) is 0 Å². The molecule has 108 valence electrons. The third kappa shape index (κ3) is 3.49. The van der Waals surface area contributed by atoms with Crippen molar-refractivity contribution in [1.29, 1.82) is 0 Å². The Morgan fingerprint density at radius 3 is 2.80 bits per heavy atom. The first-order chi connectivity index (χ1) is 9.65. The molecule has 2 aromatic rings. The first-order valence-corrected chi connectivity index (χ1v) is 7.80. The van der Waals surface area contributed by atoms with Crippen LogP contribution in [0.15, 0.2) is 37.9 Å². The lowest BCUT2D eigenvalue weighted by molar-refractivity contribution is 0.0553. The van der Waals surface area contributed by atoms with Crippen LogP contribution >= 0.6 is 15.9 Å². The van der Waals surface area contributed by atoms with E-state index in [4.69, 9.17) is 9.15 Å². The van der Waals surface area contributed by atoms with Crippen molar-refractivity contribution in [3.8, 4) is 0 Å². The lowest BCUT2D eigenvalue weighted by Gasteiger charge is -2.18. The Kier molecular flexibility index (Phi) is 5.38. The highest BCUT2D eigenvalue weighted by atomic mass is 79.9. The lowest BCUT2D eigenvalue weighted by atomic mass is 10.0. The summed E-state index contributed by atoms with van der Waals surface area (Å²) in [6.45, 7) is 4.76. The van der Waals surface area contributed by atoms with Crippen LogP contribution in [0.25, 0.3) is 11.0 Å². The van der Waals surface area contributed by atoms with Crippen LogP contribution < -0.4 is 5.63 Å². The zero-order valence-electron chi connectivity index (χ0n) is 11.8. The van der Waals surface area contributed by atoms with Gasteiger partial charge in [-0.05, 0) is 37.1 Å². The summed E-state index contributed by atoms with van der Waals surface area (Å²) >= 11 is 3.40. The smallest absolute Gasteiger partial charge is 0.336 e. The molecule has 0 aliphatic carbocycles. The van der Waals surface area contributed by atoms with Gasteiger partial charge in [0.1, 0.15) is 5.58 Å². The van der Waals surface area contributed by atoms with Crippen LogP contribution in [0.1, 0.15) is 44.8 Å². The molecular formula is C16H19BrO3. The second kappa shape index (κ2) is 7.04. The van der Waals surface area contributed by atoms with Gasteiger partial charge in [-0.25, -0.2) is 4.79 Å². The van der Waals surface area contributed by atoms with Gasteiger partial charge in [-0.1, -0.05) is 35.7 Å². The fourth-order valence-corrected chi connectivity index (χ4v) is 2.69. The molecule has 0 saturated heterocycles. The Balaban J connectivity index is 2.52. The SMILES string of the molecule is CCCCC(OCC)c1cc(=O)oc2cc(Br)ccc12. The van der Waals surface area contributed by atoms with Crippen molar-refractivity contribution in [3.05, 3.63) is 44.7 Å². The second-order valence-corrected chi connectivity index (χ2v) is 5.66. The minimum absolute atomic E-state index is 0.0484. The number of fused-ring (bicyclic) bond motifs is 1. The predicted molar refractivity (Wildman–Crippen MR) is 84.1 cm³/mol. The quantitative estimate of drug-likeness (QED) is 0.708. The van der Waals surface area contributed by atoms with Crippen molar-refractivity contribution in [3.63, 3.8) is 0 Å². The van der Waals surface area contributed by atoms with E-state index in [0.717, 1.165) is 34.7 Å². The lowest BCUT2D eigenvalue weighted by Crippen LogP contribution is -2.09. The van der Waals surface area contributed by atoms with Crippen molar-refractivity contribution < 1.29 is 9.15 Å². The van der Waals surface area contributed by atoms with Crippen molar-refractivity contribution in [2.24, 2.45) is 0 Å². The molecule has 0 saturated carbocycles. The standard InChI is InChI=1S/C16H19BrO3/c1-3-5-6-14(19-4-2)13-10-16(18)20-15-9-11(17)7-8-12(13)15/h7-10,14H,3-6H2,1-2H3. The number of ether oxygens (including phenoxy) is 1. The molecule has 20 heavy (non-hydrogen) atoms. The van der Waals surface area contributed by atoms with Crippen molar-refractivity contribution in [1.82, 2.24) is 0 Å². The first kappa shape index (κ1) is 15.3. The van der Waals surface area contributed by atoms with E-state index in [-0.39, 0.29) is 11.7 Å². The monoisotopic (exact) mass is 338 g/mol. The molecule has 0 bridgehead atoms. The van der Waals surface area contributed by atoms with Crippen LogP contribution in [-0.4, -0.2) is 6.61 Å². The highest BCUT2D eigenvalue weighted by Gasteiger charge is 2.16. The number of halogens is 1. The summed E-state index contributed by atoms with van der Waals surface area (Å²) < 4.78 is 12.0. The Morgan fingerprint density at radius 2 is 2.10 bits per heavy atom. The van der Waals surface area contributed by atoms with Gasteiger partial charge in [0, 0.05) is 22.5 Å². The third-order valence-electron chi connectivity index (χ3n) is 3.27. The van der Waals surface area contributed by atoms with Crippen LogP contribution in [-0.2, 0) is 4.74 Å². The highest BCUT2D eigenvalue weighted by Crippen LogP contribution is 2.30. The summed E-state index contributed by atoms with van der Waals surface area (Å²) in [7, 11) is 0. The Labute approximate surface area is 127 Å². The van der Waals surface area contributed by atoms with Gasteiger partial charge in [0.15, 0.2) is 0 Å². The molecule has 0 N–H and O–H groups in total. The minimum atomic E-state index is -0.327. The average molecular weight is 339 g/mol. The molecule has 0 aliphatic rings.